The lowest BCUT2D eigenvalue weighted by Crippen LogP contribution is -2.35. The van der Waals surface area contributed by atoms with Gasteiger partial charge < -0.3 is 10.2 Å². The second-order valence-corrected chi connectivity index (χ2v) is 5.72. The highest BCUT2D eigenvalue weighted by atomic mass is 32.2. The molecule has 1 atom stereocenters. The highest BCUT2D eigenvalue weighted by Crippen LogP contribution is 2.09. The Labute approximate surface area is 105 Å². The first-order valence-electron chi connectivity index (χ1n) is 5.27. The van der Waals surface area contributed by atoms with Crippen molar-refractivity contribution in [2.24, 2.45) is 0 Å². The van der Waals surface area contributed by atoms with Crippen LogP contribution in [-0.2, 0) is 15.8 Å². The number of rotatable bonds is 6. The van der Waals surface area contributed by atoms with E-state index in [1.807, 2.05) is 0 Å². The van der Waals surface area contributed by atoms with E-state index in [2.05, 4.69) is 4.72 Å². The van der Waals surface area contributed by atoms with Gasteiger partial charge in [0.1, 0.15) is 0 Å². The Bertz CT molecular complexity index is 526. The van der Waals surface area contributed by atoms with Crippen LogP contribution in [0, 0.1) is 0 Å². The van der Waals surface area contributed by atoms with Crippen molar-refractivity contribution < 1.29 is 23.4 Å². The topological polar surface area (TPSA) is 104 Å². The molecule has 1 rings (SSSR count). The van der Waals surface area contributed by atoms with Gasteiger partial charge in [-0.3, -0.25) is 0 Å². The van der Waals surface area contributed by atoms with E-state index in [1.165, 1.54) is 31.2 Å². The van der Waals surface area contributed by atoms with Gasteiger partial charge in [0.05, 0.1) is 17.9 Å². The number of hydrogen-bond acceptors (Lipinski definition) is 4. The smallest absolute Gasteiger partial charge is 0.335 e. The van der Waals surface area contributed by atoms with E-state index in [0.717, 1.165) is 0 Å². The summed E-state index contributed by atoms with van der Waals surface area (Å²) in [5.41, 5.74) is 0.422. The zero-order valence-corrected chi connectivity index (χ0v) is 10.6. The number of carboxylic acid groups (broad SMARTS) is 1. The number of benzene rings is 1. The fourth-order valence-electron chi connectivity index (χ4n) is 1.40. The molecule has 18 heavy (non-hydrogen) atoms. The molecule has 100 valence electrons. The Balaban J connectivity index is 2.84. The lowest BCUT2D eigenvalue weighted by Gasteiger charge is -2.11. The molecule has 1 aromatic rings. The Kier molecular flexibility index (Phi) is 4.83. The molecule has 0 saturated carbocycles. The van der Waals surface area contributed by atoms with Gasteiger partial charge in [-0.25, -0.2) is 17.9 Å². The highest BCUT2D eigenvalue weighted by molar-refractivity contribution is 7.88. The molecular weight excluding hydrogens is 258 g/mol. The normalized spacial score (nSPS) is 13.2. The van der Waals surface area contributed by atoms with Crippen LogP contribution in [0.3, 0.4) is 0 Å². The van der Waals surface area contributed by atoms with Gasteiger partial charge >= 0.3 is 5.97 Å². The fourth-order valence-corrected chi connectivity index (χ4v) is 2.79. The first-order chi connectivity index (χ1) is 8.34. The first kappa shape index (κ1) is 14.6. The van der Waals surface area contributed by atoms with Gasteiger partial charge in [-0.15, -0.1) is 0 Å². The predicted octanol–water partition coefficient (Wildman–Crippen LogP) is 0.185. The summed E-state index contributed by atoms with van der Waals surface area (Å²) in [7, 11) is -3.59. The summed E-state index contributed by atoms with van der Waals surface area (Å²) in [6, 6.07) is 5.16. The van der Waals surface area contributed by atoms with Crippen LogP contribution in [0.15, 0.2) is 24.3 Å². The van der Waals surface area contributed by atoms with Crippen molar-refractivity contribution in [1.82, 2.24) is 4.72 Å². The number of aliphatic hydroxyl groups excluding tert-OH is 1. The maximum atomic E-state index is 11.7. The van der Waals surface area contributed by atoms with Crippen LogP contribution in [0.2, 0.25) is 0 Å². The second-order valence-electron chi connectivity index (χ2n) is 3.97. The van der Waals surface area contributed by atoms with E-state index in [1.54, 1.807) is 0 Å². The van der Waals surface area contributed by atoms with Crippen LogP contribution < -0.4 is 4.72 Å². The van der Waals surface area contributed by atoms with Crippen molar-refractivity contribution in [3.63, 3.8) is 0 Å². The molecular formula is C11H15NO5S. The van der Waals surface area contributed by atoms with Crippen molar-refractivity contribution >= 4 is 16.0 Å². The van der Waals surface area contributed by atoms with E-state index in [0.29, 0.717) is 5.56 Å². The third-order valence-corrected chi connectivity index (χ3v) is 3.66. The molecule has 0 saturated heterocycles. The maximum absolute atomic E-state index is 11.7. The number of hydrogen-bond donors (Lipinski definition) is 3. The molecule has 0 radical (unpaired) electrons. The minimum atomic E-state index is -3.59. The summed E-state index contributed by atoms with van der Waals surface area (Å²) < 4.78 is 25.6. The molecule has 6 nitrogen and oxygen atoms in total. The predicted molar refractivity (Wildman–Crippen MR) is 65.7 cm³/mol. The summed E-state index contributed by atoms with van der Waals surface area (Å²) in [6.07, 6.45) is 0. The highest BCUT2D eigenvalue weighted by Gasteiger charge is 2.15. The largest absolute Gasteiger partial charge is 0.478 e. The van der Waals surface area contributed by atoms with E-state index < -0.39 is 22.0 Å². The molecule has 7 heteroatoms. The molecule has 0 aliphatic carbocycles. The molecule has 0 heterocycles. The Hall–Kier alpha value is -1.44. The van der Waals surface area contributed by atoms with Crippen molar-refractivity contribution in [1.29, 1.82) is 0 Å². The molecule has 1 aromatic carbocycles. The van der Waals surface area contributed by atoms with Gasteiger partial charge in [0.15, 0.2) is 0 Å². The van der Waals surface area contributed by atoms with Crippen LogP contribution in [0.4, 0.5) is 0 Å². The van der Waals surface area contributed by atoms with Gasteiger partial charge in [0.2, 0.25) is 10.0 Å². The van der Waals surface area contributed by atoms with E-state index in [9.17, 15) is 13.2 Å². The van der Waals surface area contributed by atoms with Crippen LogP contribution in [0.25, 0.3) is 0 Å². The van der Waals surface area contributed by atoms with Crippen molar-refractivity contribution in [2.45, 2.75) is 18.7 Å². The minimum Gasteiger partial charge on any atom is -0.478 e. The number of nitrogens with one attached hydrogen (secondary N) is 1. The average Bonchev–Trinajstić information content (AvgIpc) is 2.27. The monoisotopic (exact) mass is 273 g/mol. The number of aliphatic hydroxyl groups is 1. The second kappa shape index (κ2) is 5.94. The summed E-state index contributed by atoms with van der Waals surface area (Å²) in [5.74, 6) is -1.43. The van der Waals surface area contributed by atoms with Gasteiger partial charge in [-0.2, -0.15) is 0 Å². The summed E-state index contributed by atoms with van der Waals surface area (Å²) in [4.78, 5) is 10.7. The molecule has 0 spiro atoms. The van der Waals surface area contributed by atoms with Gasteiger partial charge in [-0.05, 0) is 24.6 Å². The van der Waals surface area contributed by atoms with Crippen LogP contribution in [-0.4, -0.2) is 37.2 Å². The Morgan fingerprint density at radius 3 is 2.67 bits per heavy atom. The quantitative estimate of drug-likeness (QED) is 0.686. The van der Waals surface area contributed by atoms with E-state index in [4.69, 9.17) is 10.2 Å². The van der Waals surface area contributed by atoms with Crippen LogP contribution in [0.1, 0.15) is 22.8 Å². The van der Waals surface area contributed by atoms with Crippen molar-refractivity contribution in [3.05, 3.63) is 35.4 Å². The van der Waals surface area contributed by atoms with Crippen molar-refractivity contribution in [2.75, 3.05) is 6.61 Å². The molecule has 1 unspecified atom stereocenters. The van der Waals surface area contributed by atoms with E-state index in [-0.39, 0.29) is 17.9 Å². The maximum Gasteiger partial charge on any atom is 0.335 e. The summed E-state index contributed by atoms with van der Waals surface area (Å²) in [5, 5.41) is 17.6. The number of sulfonamides is 1. The minimum absolute atomic E-state index is 0.0397. The third-order valence-electron chi connectivity index (χ3n) is 2.19. The third kappa shape index (κ3) is 4.44. The molecule has 0 aliphatic rings. The zero-order valence-electron chi connectivity index (χ0n) is 9.83. The summed E-state index contributed by atoms with van der Waals surface area (Å²) >= 11 is 0. The van der Waals surface area contributed by atoms with Crippen LogP contribution in [0.5, 0.6) is 0 Å². The SMILES string of the molecule is CC(CO)NS(=O)(=O)Cc1cccc(C(=O)O)c1. The Morgan fingerprint density at radius 2 is 2.11 bits per heavy atom. The zero-order chi connectivity index (χ0) is 13.8. The molecule has 0 bridgehead atoms. The first-order valence-corrected chi connectivity index (χ1v) is 6.92. The van der Waals surface area contributed by atoms with Crippen molar-refractivity contribution in [3.8, 4) is 0 Å². The van der Waals surface area contributed by atoms with E-state index >= 15 is 0 Å². The number of carboxylic acids is 1. The lowest BCUT2D eigenvalue weighted by molar-refractivity contribution is 0.0696. The average molecular weight is 273 g/mol. The van der Waals surface area contributed by atoms with Gasteiger partial charge in [-0.1, -0.05) is 12.1 Å². The van der Waals surface area contributed by atoms with Crippen LogP contribution >= 0.6 is 0 Å². The number of carbonyl (C=O) groups is 1. The Morgan fingerprint density at radius 1 is 1.44 bits per heavy atom. The standard InChI is InChI=1S/C11H15NO5S/c1-8(6-13)12-18(16,17)7-9-3-2-4-10(5-9)11(14)15/h2-5,8,12-13H,6-7H2,1H3,(H,14,15). The van der Waals surface area contributed by atoms with Gasteiger partial charge in [0, 0.05) is 6.04 Å². The molecule has 0 fully saturated rings. The molecule has 0 aliphatic heterocycles. The lowest BCUT2D eigenvalue weighted by atomic mass is 10.1. The molecule has 3 N–H and O–H groups in total. The fraction of sp³-hybridized carbons (Fsp3) is 0.364. The molecule has 0 amide bonds. The molecule has 0 aromatic heterocycles. The summed E-state index contributed by atoms with van der Waals surface area (Å²) in [6.45, 7) is 1.24. The number of aromatic carboxylic acids is 1. The van der Waals surface area contributed by atoms with Gasteiger partial charge in [0.25, 0.3) is 0 Å².